The maximum absolute atomic E-state index is 11.4. The maximum Gasteiger partial charge on any atom is 0.278 e. The van der Waals surface area contributed by atoms with Crippen molar-refractivity contribution in [2.45, 2.75) is 0 Å². The van der Waals surface area contributed by atoms with E-state index in [9.17, 15) is 4.79 Å². The van der Waals surface area contributed by atoms with Crippen molar-refractivity contribution in [3.63, 3.8) is 0 Å². The van der Waals surface area contributed by atoms with Gasteiger partial charge in [0.05, 0.1) is 12.7 Å². The van der Waals surface area contributed by atoms with Crippen molar-refractivity contribution in [1.29, 1.82) is 0 Å². The van der Waals surface area contributed by atoms with Gasteiger partial charge in [0.1, 0.15) is 11.8 Å². The zero-order valence-electron chi connectivity index (χ0n) is 14.3. The summed E-state index contributed by atoms with van der Waals surface area (Å²) in [5, 5.41) is 0. The fourth-order valence-electron chi connectivity index (χ4n) is 2.13. The number of nitrogens with one attached hydrogen (secondary N) is 3. The lowest BCUT2D eigenvalue weighted by molar-refractivity contribution is 0.997. The van der Waals surface area contributed by atoms with E-state index >= 15 is 0 Å². The topological polar surface area (TPSA) is 135 Å². The molecule has 0 radical (unpaired) electrons. The van der Waals surface area contributed by atoms with Gasteiger partial charge in [-0.15, -0.1) is 0 Å². The molecule has 11 heteroatoms. The molecule has 0 atom stereocenters. The predicted octanol–water partition coefficient (Wildman–Crippen LogP) is 0.131. The van der Waals surface area contributed by atoms with Crippen LogP contribution >= 0.6 is 0 Å². The van der Waals surface area contributed by atoms with Crippen LogP contribution < -0.4 is 15.4 Å². The number of anilines is 2. The molecule has 0 unspecified atom stereocenters. The zero-order chi connectivity index (χ0) is 18.0. The average Bonchev–Trinajstić information content (AvgIpc) is 3.23. The molecule has 4 rings (SSSR count). The first-order valence-corrected chi connectivity index (χ1v) is 7.39. The van der Waals surface area contributed by atoms with E-state index in [1.807, 2.05) is 19.0 Å². The third-order valence-corrected chi connectivity index (χ3v) is 3.33. The first-order chi connectivity index (χ1) is 12.0. The highest BCUT2D eigenvalue weighted by Crippen LogP contribution is 2.16. The highest BCUT2D eigenvalue weighted by atomic mass is 16.1. The number of imidazole rings is 2. The maximum atomic E-state index is 11.4. The first kappa shape index (κ1) is 16.4. The first-order valence-electron chi connectivity index (χ1n) is 7.39. The summed E-state index contributed by atoms with van der Waals surface area (Å²) in [4.78, 5) is 43.5. The second kappa shape index (κ2) is 6.55. The summed E-state index contributed by atoms with van der Waals surface area (Å²) in [6.45, 7) is 0. The van der Waals surface area contributed by atoms with Gasteiger partial charge in [-0.2, -0.15) is 4.98 Å². The summed E-state index contributed by atoms with van der Waals surface area (Å²) in [6, 6.07) is 0. The fraction of sp³-hybridized carbons (Fsp3) is 0.286. The van der Waals surface area contributed by atoms with Gasteiger partial charge in [0.2, 0.25) is 5.95 Å². The van der Waals surface area contributed by atoms with Crippen LogP contribution in [0.5, 0.6) is 0 Å². The van der Waals surface area contributed by atoms with E-state index in [1.54, 1.807) is 25.3 Å². The predicted molar refractivity (Wildman–Crippen MR) is 94.8 cm³/mol. The van der Waals surface area contributed by atoms with Gasteiger partial charge in [0.25, 0.3) is 5.56 Å². The number of nitrogens with zero attached hydrogens (tertiary/aromatic N) is 7. The molecule has 0 fully saturated rings. The molecular weight excluding hydrogens is 324 g/mol. The van der Waals surface area contributed by atoms with Gasteiger partial charge in [0.15, 0.2) is 22.6 Å². The Morgan fingerprint density at radius 3 is 2.20 bits per heavy atom. The summed E-state index contributed by atoms with van der Waals surface area (Å²) < 4.78 is 0. The second-order valence-corrected chi connectivity index (χ2v) is 5.58. The molecule has 0 bridgehead atoms. The van der Waals surface area contributed by atoms with E-state index in [0.717, 1.165) is 11.3 Å². The Morgan fingerprint density at radius 2 is 1.52 bits per heavy atom. The standard InChI is InChI=1S/C7H9N5O.C7H9N5/c1-12(2)7-10-5-4(6(13)11-7)8-3-9-5;1-12(2)7-5-6(9-3-8-5)10-4-11-7/h3H,1-2H3,(H2,8,9,10,11,13);3-4H,1-2H3,(H,8,9,10,11). The van der Waals surface area contributed by atoms with Gasteiger partial charge in [-0.3, -0.25) is 9.78 Å². The minimum Gasteiger partial charge on any atom is -0.361 e. The van der Waals surface area contributed by atoms with Gasteiger partial charge in [-0.05, 0) is 0 Å². The molecule has 0 aliphatic rings. The smallest absolute Gasteiger partial charge is 0.278 e. The van der Waals surface area contributed by atoms with Crippen LogP contribution in [0.1, 0.15) is 0 Å². The summed E-state index contributed by atoms with van der Waals surface area (Å²) >= 11 is 0. The monoisotopic (exact) mass is 342 g/mol. The van der Waals surface area contributed by atoms with Crippen molar-refractivity contribution < 1.29 is 0 Å². The summed E-state index contributed by atoms with van der Waals surface area (Å²) in [5.41, 5.74) is 2.22. The Balaban J connectivity index is 0.000000146. The van der Waals surface area contributed by atoms with Crippen LogP contribution in [0.2, 0.25) is 0 Å². The lowest BCUT2D eigenvalue weighted by atomic mass is 10.5. The Bertz CT molecular complexity index is 1040. The number of fused-ring (bicyclic) bond motifs is 2. The van der Waals surface area contributed by atoms with Crippen LogP contribution in [-0.4, -0.2) is 68.1 Å². The molecule has 130 valence electrons. The van der Waals surface area contributed by atoms with Crippen molar-refractivity contribution in [2.24, 2.45) is 0 Å². The van der Waals surface area contributed by atoms with Crippen molar-refractivity contribution in [3.05, 3.63) is 29.3 Å². The van der Waals surface area contributed by atoms with Crippen LogP contribution in [0.25, 0.3) is 22.3 Å². The molecule has 4 heterocycles. The van der Waals surface area contributed by atoms with Crippen molar-refractivity contribution >= 4 is 34.1 Å². The zero-order valence-corrected chi connectivity index (χ0v) is 14.3. The third-order valence-electron chi connectivity index (χ3n) is 3.33. The number of aromatic amines is 3. The van der Waals surface area contributed by atoms with Gasteiger partial charge in [0, 0.05) is 28.2 Å². The summed E-state index contributed by atoms with van der Waals surface area (Å²) in [5.74, 6) is 1.36. The SMILES string of the molecule is CN(C)c1nc2nc[nH]c2c(=O)[nH]1.CN(C)c1ncnc2nc[nH]c12. The number of H-pyrrole nitrogens is 3. The molecule has 4 aromatic rings. The summed E-state index contributed by atoms with van der Waals surface area (Å²) in [7, 11) is 7.47. The molecular formula is C14H18N10O. The second-order valence-electron chi connectivity index (χ2n) is 5.58. The molecule has 4 aromatic heterocycles. The van der Waals surface area contributed by atoms with Gasteiger partial charge in [-0.1, -0.05) is 0 Å². The Kier molecular flexibility index (Phi) is 4.29. The van der Waals surface area contributed by atoms with Crippen molar-refractivity contribution in [1.82, 2.24) is 39.9 Å². The minimum atomic E-state index is -0.203. The highest BCUT2D eigenvalue weighted by Gasteiger charge is 2.06. The largest absolute Gasteiger partial charge is 0.361 e. The number of aromatic nitrogens is 8. The molecule has 0 amide bonds. The van der Waals surface area contributed by atoms with Gasteiger partial charge < -0.3 is 19.8 Å². The summed E-state index contributed by atoms with van der Waals surface area (Å²) in [6.07, 6.45) is 4.58. The molecule has 0 saturated heterocycles. The van der Waals surface area contributed by atoms with Crippen LogP contribution in [0.15, 0.2) is 23.8 Å². The van der Waals surface area contributed by atoms with Crippen LogP contribution in [0.4, 0.5) is 11.8 Å². The highest BCUT2D eigenvalue weighted by molar-refractivity contribution is 5.82. The number of hydrogen-bond donors (Lipinski definition) is 3. The Morgan fingerprint density at radius 1 is 0.840 bits per heavy atom. The van der Waals surface area contributed by atoms with Gasteiger partial charge >= 0.3 is 0 Å². The van der Waals surface area contributed by atoms with Crippen LogP contribution in [-0.2, 0) is 0 Å². The molecule has 25 heavy (non-hydrogen) atoms. The van der Waals surface area contributed by atoms with E-state index in [2.05, 4.69) is 39.9 Å². The molecule has 0 aromatic carbocycles. The molecule has 3 N–H and O–H groups in total. The number of hydrogen-bond acceptors (Lipinski definition) is 8. The minimum absolute atomic E-state index is 0.203. The van der Waals surface area contributed by atoms with E-state index in [-0.39, 0.29) is 5.56 Å². The van der Waals surface area contributed by atoms with E-state index in [0.29, 0.717) is 22.8 Å². The van der Waals surface area contributed by atoms with Gasteiger partial charge in [-0.25, -0.2) is 19.9 Å². The normalized spacial score (nSPS) is 10.6. The quantitative estimate of drug-likeness (QED) is 0.468. The fourth-order valence-corrected chi connectivity index (χ4v) is 2.13. The lowest BCUT2D eigenvalue weighted by Crippen LogP contribution is -2.18. The van der Waals surface area contributed by atoms with Crippen LogP contribution in [0, 0.1) is 0 Å². The Labute approximate surface area is 142 Å². The molecule has 0 aliphatic heterocycles. The molecule has 0 spiro atoms. The van der Waals surface area contributed by atoms with E-state index < -0.39 is 0 Å². The van der Waals surface area contributed by atoms with Crippen LogP contribution in [0.3, 0.4) is 0 Å². The third kappa shape index (κ3) is 3.24. The Hall–Kier alpha value is -3.50. The molecule has 0 aliphatic carbocycles. The number of rotatable bonds is 2. The molecule has 0 saturated carbocycles. The average molecular weight is 342 g/mol. The van der Waals surface area contributed by atoms with E-state index in [4.69, 9.17) is 0 Å². The van der Waals surface area contributed by atoms with Crippen molar-refractivity contribution in [3.8, 4) is 0 Å². The van der Waals surface area contributed by atoms with E-state index in [1.165, 1.54) is 12.7 Å². The lowest BCUT2D eigenvalue weighted by Gasteiger charge is -2.10. The molecule has 11 nitrogen and oxygen atoms in total. The van der Waals surface area contributed by atoms with Crippen molar-refractivity contribution in [2.75, 3.05) is 38.0 Å².